The number of anilines is 1. The van der Waals surface area contributed by atoms with E-state index in [-0.39, 0.29) is 29.9 Å². The molecule has 5 rings (SSSR count). The number of halogens is 1. The predicted octanol–water partition coefficient (Wildman–Crippen LogP) is 3.84. The van der Waals surface area contributed by atoms with Crippen LogP contribution in [-0.4, -0.2) is 48.3 Å². The molecule has 3 unspecified atom stereocenters. The van der Waals surface area contributed by atoms with Gasteiger partial charge in [-0.3, -0.25) is 14.4 Å². The van der Waals surface area contributed by atoms with E-state index in [1.54, 1.807) is 49.4 Å². The average Bonchev–Trinajstić information content (AvgIpc) is 3.38. The Bertz CT molecular complexity index is 1440. The largest absolute Gasteiger partial charge is 0.493 e. The summed E-state index contributed by atoms with van der Waals surface area (Å²) in [7, 11) is 1.46. The summed E-state index contributed by atoms with van der Waals surface area (Å²) < 4.78 is 16.0. The molecule has 37 heavy (non-hydrogen) atoms. The number of nitrogens with zero attached hydrogens (tertiary/aromatic N) is 1. The van der Waals surface area contributed by atoms with Crippen LogP contribution in [0.25, 0.3) is 0 Å². The lowest BCUT2D eigenvalue weighted by atomic mass is 9.83. The van der Waals surface area contributed by atoms with Crippen LogP contribution in [0.4, 0.5) is 5.69 Å². The molecule has 0 spiro atoms. The van der Waals surface area contributed by atoms with Crippen molar-refractivity contribution >= 4 is 58.2 Å². The van der Waals surface area contributed by atoms with Gasteiger partial charge < -0.3 is 19.2 Å². The quantitative estimate of drug-likeness (QED) is 0.342. The van der Waals surface area contributed by atoms with E-state index >= 15 is 0 Å². The Hall–Kier alpha value is -3.28. The van der Waals surface area contributed by atoms with Crippen molar-refractivity contribution in [3.05, 3.63) is 67.6 Å². The minimum atomic E-state index is -0.747. The molecular formula is C25H21ClN2O7S2. The number of aromatic amines is 1. The van der Waals surface area contributed by atoms with Crippen molar-refractivity contribution < 1.29 is 28.6 Å². The summed E-state index contributed by atoms with van der Waals surface area (Å²) in [5, 5.41) is 0.336. The minimum Gasteiger partial charge on any atom is -0.493 e. The Morgan fingerprint density at radius 3 is 2.54 bits per heavy atom. The second kappa shape index (κ2) is 10.2. The number of thiazole rings is 1. The number of H-pyrrole nitrogens is 1. The van der Waals surface area contributed by atoms with Gasteiger partial charge >= 0.3 is 10.8 Å². The Balaban J connectivity index is 1.54. The van der Waals surface area contributed by atoms with E-state index in [0.717, 1.165) is 11.3 Å². The summed E-state index contributed by atoms with van der Waals surface area (Å²) >= 11 is 8.22. The molecule has 3 heterocycles. The van der Waals surface area contributed by atoms with Crippen LogP contribution in [0.2, 0.25) is 5.02 Å². The number of rotatable bonds is 7. The lowest BCUT2D eigenvalue weighted by Crippen LogP contribution is -2.32. The second-order valence-electron chi connectivity index (χ2n) is 8.24. The predicted molar refractivity (Wildman–Crippen MR) is 139 cm³/mol. The molecule has 12 heteroatoms. The lowest BCUT2D eigenvalue weighted by molar-refractivity contribution is -0.145. The first-order chi connectivity index (χ1) is 17.8. The maximum Gasteiger partial charge on any atom is 0.344 e. The van der Waals surface area contributed by atoms with Gasteiger partial charge in [-0.1, -0.05) is 40.8 Å². The third kappa shape index (κ3) is 4.62. The molecule has 2 aromatic carbocycles. The van der Waals surface area contributed by atoms with Crippen molar-refractivity contribution in [1.82, 2.24) is 4.98 Å². The molecule has 0 bridgehead atoms. The van der Waals surface area contributed by atoms with E-state index in [2.05, 4.69) is 4.98 Å². The number of ether oxygens (including phenoxy) is 3. The zero-order valence-electron chi connectivity index (χ0n) is 19.7. The number of amides is 2. The summed E-state index contributed by atoms with van der Waals surface area (Å²) in [6.45, 7) is 1.65. The molecule has 192 valence electrons. The van der Waals surface area contributed by atoms with Gasteiger partial charge in [-0.15, -0.1) is 0 Å². The fraction of sp³-hybridized carbons (Fsp3) is 0.280. The first-order valence-corrected chi connectivity index (χ1v) is 13.4. The van der Waals surface area contributed by atoms with E-state index in [1.807, 2.05) is 0 Å². The molecular weight excluding hydrogens is 540 g/mol. The summed E-state index contributed by atoms with van der Waals surface area (Å²) in [6, 6.07) is 11.6. The molecule has 2 aliphatic rings. The highest BCUT2D eigenvalue weighted by molar-refractivity contribution is 8.00. The fourth-order valence-corrected chi connectivity index (χ4v) is 7.20. The summed E-state index contributed by atoms with van der Waals surface area (Å²) in [5.41, 5.74) is 1.11. The van der Waals surface area contributed by atoms with Crippen LogP contribution < -0.4 is 19.2 Å². The first-order valence-electron chi connectivity index (χ1n) is 11.3. The Morgan fingerprint density at radius 2 is 1.84 bits per heavy atom. The zero-order valence-corrected chi connectivity index (χ0v) is 22.1. The number of hydrogen-bond acceptors (Lipinski definition) is 9. The minimum absolute atomic E-state index is 0.238. The van der Waals surface area contributed by atoms with Crippen LogP contribution in [-0.2, 0) is 19.1 Å². The maximum absolute atomic E-state index is 13.8. The average molecular weight is 561 g/mol. The van der Waals surface area contributed by atoms with Gasteiger partial charge in [-0.25, -0.2) is 9.69 Å². The van der Waals surface area contributed by atoms with Crippen LogP contribution in [0.3, 0.4) is 0 Å². The van der Waals surface area contributed by atoms with E-state index in [4.69, 9.17) is 25.8 Å². The lowest BCUT2D eigenvalue weighted by Gasteiger charge is -2.30. The van der Waals surface area contributed by atoms with E-state index < -0.39 is 23.1 Å². The third-order valence-electron chi connectivity index (χ3n) is 6.11. The Kier molecular flexibility index (Phi) is 7.02. The molecule has 1 N–H and O–H groups in total. The van der Waals surface area contributed by atoms with E-state index in [9.17, 15) is 19.2 Å². The number of fused-ring (bicyclic) bond motifs is 2. The standard InChI is InChI=1S/C25H21ClN2O7S2/c1-3-34-17(29)11-35-15-9-4-12(10-16(15)33-2)18-19-21(36-22-20(18)37-25(32)27-22)24(31)28(23(19)30)14-7-5-13(26)6-8-14/h4-10,18-19,21H,3,11H2,1-2H3,(H,27,32). The van der Waals surface area contributed by atoms with Gasteiger partial charge in [-0.2, -0.15) is 0 Å². The van der Waals surface area contributed by atoms with Gasteiger partial charge in [0.05, 0.1) is 30.3 Å². The SMILES string of the molecule is CCOC(=O)COc1ccc(C2c3sc(=O)[nH]c3SC3C(=O)N(c4ccc(Cl)cc4)C(=O)C32)cc1OC. The Labute approximate surface area is 224 Å². The first kappa shape index (κ1) is 25.4. The Morgan fingerprint density at radius 1 is 1.08 bits per heavy atom. The zero-order chi connectivity index (χ0) is 26.3. The van der Waals surface area contributed by atoms with Crippen LogP contribution in [0, 0.1) is 5.92 Å². The number of nitrogens with one attached hydrogen (secondary N) is 1. The molecule has 0 radical (unpaired) electrons. The number of aromatic nitrogens is 1. The van der Waals surface area contributed by atoms with Crippen molar-refractivity contribution in [3.63, 3.8) is 0 Å². The third-order valence-corrected chi connectivity index (χ3v) is 8.76. The molecule has 1 aromatic heterocycles. The van der Waals surface area contributed by atoms with Crippen LogP contribution in [0.15, 0.2) is 52.3 Å². The van der Waals surface area contributed by atoms with Crippen LogP contribution in [0.5, 0.6) is 11.5 Å². The van der Waals surface area contributed by atoms with Gasteiger partial charge in [0.25, 0.3) is 0 Å². The summed E-state index contributed by atoms with van der Waals surface area (Å²) in [5.74, 6) is -1.89. The molecule has 9 nitrogen and oxygen atoms in total. The second-order valence-corrected chi connectivity index (χ2v) is 10.8. The van der Waals surface area contributed by atoms with Crippen molar-refractivity contribution in [2.24, 2.45) is 5.92 Å². The molecule has 0 aliphatic carbocycles. The summed E-state index contributed by atoms with van der Waals surface area (Å²) in [4.78, 5) is 55.7. The van der Waals surface area contributed by atoms with Gasteiger partial charge in [0.2, 0.25) is 11.8 Å². The number of benzene rings is 2. The molecule has 1 fully saturated rings. The monoisotopic (exact) mass is 560 g/mol. The van der Waals surface area contributed by atoms with Crippen molar-refractivity contribution in [1.29, 1.82) is 0 Å². The van der Waals surface area contributed by atoms with Crippen molar-refractivity contribution in [2.75, 3.05) is 25.2 Å². The van der Waals surface area contributed by atoms with Gasteiger partial charge in [0.15, 0.2) is 18.1 Å². The maximum atomic E-state index is 13.8. The van der Waals surface area contributed by atoms with Crippen molar-refractivity contribution in [3.8, 4) is 11.5 Å². The van der Waals surface area contributed by atoms with Crippen LogP contribution in [0.1, 0.15) is 23.3 Å². The number of imide groups is 1. The molecule has 2 amide bonds. The van der Waals surface area contributed by atoms with Gasteiger partial charge in [0, 0.05) is 15.8 Å². The van der Waals surface area contributed by atoms with Gasteiger partial charge in [0.1, 0.15) is 5.25 Å². The molecule has 1 saturated heterocycles. The smallest absolute Gasteiger partial charge is 0.344 e. The number of thioether (sulfide) groups is 1. The van der Waals surface area contributed by atoms with Crippen molar-refractivity contribution in [2.45, 2.75) is 23.1 Å². The normalized spacial score (nSPS) is 20.4. The molecule has 0 saturated carbocycles. The van der Waals surface area contributed by atoms with E-state index in [0.29, 0.717) is 37.7 Å². The van der Waals surface area contributed by atoms with Crippen LogP contribution >= 0.6 is 34.7 Å². The number of hydrogen-bond donors (Lipinski definition) is 1. The highest BCUT2D eigenvalue weighted by Gasteiger charge is 2.56. The molecule has 3 atom stereocenters. The number of carbonyl (C=O) groups excluding carboxylic acids is 3. The highest BCUT2D eigenvalue weighted by atomic mass is 35.5. The summed E-state index contributed by atoms with van der Waals surface area (Å²) in [6.07, 6.45) is 0. The topological polar surface area (TPSA) is 115 Å². The highest BCUT2D eigenvalue weighted by Crippen LogP contribution is 2.53. The number of methoxy groups -OCH3 is 1. The fourth-order valence-electron chi connectivity index (χ4n) is 4.56. The molecule has 3 aromatic rings. The van der Waals surface area contributed by atoms with Gasteiger partial charge in [-0.05, 0) is 48.9 Å². The number of carbonyl (C=O) groups is 3. The van der Waals surface area contributed by atoms with E-state index in [1.165, 1.54) is 23.8 Å². The molecule has 2 aliphatic heterocycles. The number of esters is 1.